The first-order chi connectivity index (χ1) is 11.4. The van der Waals surface area contributed by atoms with E-state index in [0.29, 0.717) is 6.42 Å². The molecule has 1 atom stereocenters. The van der Waals surface area contributed by atoms with Crippen LogP contribution in [-0.4, -0.2) is 44.9 Å². The van der Waals surface area contributed by atoms with Gasteiger partial charge in [-0.2, -0.15) is 0 Å². The number of rotatable bonds is 7. The Morgan fingerprint density at radius 3 is 2.21 bits per heavy atom. The maximum Gasteiger partial charge on any atom is 0.242 e. The van der Waals surface area contributed by atoms with Crippen molar-refractivity contribution in [3.63, 3.8) is 0 Å². The van der Waals surface area contributed by atoms with Gasteiger partial charge < -0.3 is 27.8 Å². The molecule has 8 N–H and O–H groups in total. The topological polar surface area (TPSA) is 153 Å². The predicted molar refractivity (Wildman–Crippen MR) is 97.4 cm³/mol. The summed E-state index contributed by atoms with van der Waals surface area (Å²) < 4.78 is 0. The Bertz CT molecular complexity index is 505. The fourth-order valence-electron chi connectivity index (χ4n) is 1.71. The van der Waals surface area contributed by atoms with Crippen LogP contribution in [0.5, 0.6) is 0 Å². The molecule has 0 radical (unpaired) electrons. The van der Waals surface area contributed by atoms with E-state index in [9.17, 15) is 14.4 Å². The largest absolute Gasteiger partial charge is 0.370 e. The van der Waals surface area contributed by atoms with Crippen LogP contribution in [0.1, 0.15) is 23.3 Å². The minimum absolute atomic E-state index is 0.205. The molecule has 1 aromatic rings. The van der Waals surface area contributed by atoms with Crippen LogP contribution in [0.15, 0.2) is 11.4 Å². The summed E-state index contributed by atoms with van der Waals surface area (Å²) in [5, 5.41) is 6.94. The van der Waals surface area contributed by atoms with Gasteiger partial charge in [0, 0.05) is 18.3 Å². The quantitative estimate of drug-likeness (QED) is 0.433. The first kappa shape index (κ1) is 24.3. The second-order valence-electron chi connectivity index (χ2n) is 4.50. The fraction of sp³-hybridized carbons (Fsp3) is 0.533. The van der Waals surface area contributed by atoms with E-state index in [0.717, 1.165) is 4.88 Å². The third kappa shape index (κ3) is 10.7. The van der Waals surface area contributed by atoms with E-state index >= 15 is 0 Å². The second kappa shape index (κ2) is 14.6. The van der Waals surface area contributed by atoms with Gasteiger partial charge in [-0.3, -0.25) is 14.4 Å². The molecule has 9 heteroatoms. The van der Waals surface area contributed by atoms with Gasteiger partial charge in [-0.15, -0.1) is 11.3 Å². The van der Waals surface area contributed by atoms with E-state index in [1.54, 1.807) is 11.3 Å². The Kier molecular flexibility index (Phi) is 14.8. The van der Waals surface area contributed by atoms with E-state index in [-0.39, 0.29) is 18.7 Å². The van der Waals surface area contributed by atoms with Gasteiger partial charge in [0.2, 0.25) is 17.7 Å². The normalized spacial score (nSPS) is 10.2. The SMILES string of the molecule is CN.CN.CNC(=O)[C@H](CC(N)=O)NC(=O)CCc1cc(C)cs1. The molecule has 1 aromatic heterocycles. The summed E-state index contributed by atoms with van der Waals surface area (Å²) in [6, 6.07) is 1.12. The third-order valence-electron chi connectivity index (χ3n) is 2.69. The predicted octanol–water partition coefficient (Wildman–Crippen LogP) is -0.755. The third-order valence-corrected chi connectivity index (χ3v) is 3.80. The molecule has 0 spiro atoms. The molecule has 0 aromatic carbocycles. The molecule has 3 amide bonds. The lowest BCUT2D eigenvalue weighted by atomic mass is 10.1. The molecule has 0 fully saturated rings. The number of aryl methyl sites for hydroxylation is 2. The summed E-state index contributed by atoms with van der Waals surface area (Å²) in [7, 11) is 4.44. The number of thiophene rings is 1. The van der Waals surface area contributed by atoms with Gasteiger partial charge in [-0.05, 0) is 44.4 Å². The van der Waals surface area contributed by atoms with Crippen LogP contribution < -0.4 is 27.8 Å². The summed E-state index contributed by atoms with van der Waals surface area (Å²) in [5.41, 5.74) is 15.2. The molecular weight excluding hydrogens is 330 g/mol. The highest BCUT2D eigenvalue weighted by atomic mass is 32.1. The molecule has 0 aliphatic carbocycles. The molecule has 1 heterocycles. The molecule has 0 aliphatic rings. The molecule has 138 valence electrons. The Morgan fingerprint density at radius 1 is 1.21 bits per heavy atom. The van der Waals surface area contributed by atoms with Gasteiger partial charge in [0.1, 0.15) is 6.04 Å². The number of carbonyl (C=O) groups excluding carboxylic acids is 3. The van der Waals surface area contributed by atoms with Crippen molar-refractivity contribution in [2.75, 3.05) is 21.1 Å². The number of nitrogens with one attached hydrogen (secondary N) is 2. The molecule has 8 nitrogen and oxygen atoms in total. The van der Waals surface area contributed by atoms with Crippen LogP contribution in [0, 0.1) is 6.92 Å². The number of hydrogen-bond acceptors (Lipinski definition) is 6. The van der Waals surface area contributed by atoms with Gasteiger partial charge in [-0.25, -0.2) is 0 Å². The molecule has 0 aliphatic heterocycles. The Balaban J connectivity index is 0. The van der Waals surface area contributed by atoms with Crippen LogP contribution in [0.3, 0.4) is 0 Å². The van der Waals surface area contributed by atoms with E-state index in [1.807, 2.05) is 18.4 Å². The highest BCUT2D eigenvalue weighted by Crippen LogP contribution is 2.15. The lowest BCUT2D eigenvalue weighted by Gasteiger charge is -2.15. The number of likely N-dealkylation sites (N-methyl/N-ethyl adjacent to an activating group) is 1. The highest BCUT2D eigenvalue weighted by molar-refractivity contribution is 7.10. The fourth-order valence-corrected chi connectivity index (χ4v) is 2.59. The van der Waals surface area contributed by atoms with Gasteiger partial charge in [0.15, 0.2) is 0 Å². The Morgan fingerprint density at radius 2 is 1.79 bits per heavy atom. The van der Waals surface area contributed by atoms with Crippen molar-refractivity contribution in [3.8, 4) is 0 Å². The lowest BCUT2D eigenvalue weighted by molar-refractivity contribution is -0.130. The Labute approximate surface area is 147 Å². The van der Waals surface area contributed by atoms with E-state index < -0.39 is 17.9 Å². The molecule has 0 saturated heterocycles. The van der Waals surface area contributed by atoms with Gasteiger partial charge in [0.25, 0.3) is 0 Å². The van der Waals surface area contributed by atoms with E-state index in [1.165, 1.54) is 26.7 Å². The average Bonchev–Trinajstić information content (AvgIpc) is 3.00. The monoisotopic (exact) mass is 359 g/mol. The molecule has 1 rings (SSSR count). The first-order valence-corrected chi connectivity index (χ1v) is 8.29. The van der Waals surface area contributed by atoms with Gasteiger partial charge in [0.05, 0.1) is 6.42 Å². The van der Waals surface area contributed by atoms with Gasteiger partial charge in [-0.1, -0.05) is 0 Å². The zero-order chi connectivity index (χ0) is 19.1. The highest BCUT2D eigenvalue weighted by Gasteiger charge is 2.21. The van der Waals surface area contributed by atoms with E-state index in [2.05, 4.69) is 22.1 Å². The Hall–Kier alpha value is -1.97. The lowest BCUT2D eigenvalue weighted by Crippen LogP contribution is -2.47. The summed E-state index contributed by atoms with van der Waals surface area (Å²) in [6.45, 7) is 1.99. The number of hydrogen-bond donors (Lipinski definition) is 5. The van der Waals surface area contributed by atoms with Crippen LogP contribution in [0.4, 0.5) is 0 Å². The first-order valence-electron chi connectivity index (χ1n) is 7.41. The van der Waals surface area contributed by atoms with Crippen molar-refractivity contribution < 1.29 is 14.4 Å². The standard InChI is InChI=1S/C13H19N3O3S.2CH5N/c1-8-5-9(20-7-8)3-4-12(18)16-10(6-11(14)17)13(19)15-2;2*1-2/h5,7,10H,3-4,6H2,1-2H3,(H2,14,17)(H,15,19)(H,16,18);2*2H2,1H3/t10-;;/m0../s1. The van der Waals surface area contributed by atoms with Gasteiger partial charge >= 0.3 is 0 Å². The van der Waals surface area contributed by atoms with E-state index in [4.69, 9.17) is 5.73 Å². The van der Waals surface area contributed by atoms with Crippen LogP contribution in [0.2, 0.25) is 0 Å². The number of primary amides is 1. The van der Waals surface area contributed by atoms with Crippen LogP contribution >= 0.6 is 11.3 Å². The molecule has 0 saturated carbocycles. The van der Waals surface area contributed by atoms with Crippen LogP contribution in [0.25, 0.3) is 0 Å². The minimum Gasteiger partial charge on any atom is -0.370 e. The minimum atomic E-state index is -0.907. The molecular formula is C15H29N5O3S. The smallest absolute Gasteiger partial charge is 0.242 e. The van der Waals surface area contributed by atoms with Crippen molar-refractivity contribution in [1.82, 2.24) is 10.6 Å². The molecule has 0 bridgehead atoms. The van der Waals surface area contributed by atoms with Crippen LogP contribution in [-0.2, 0) is 20.8 Å². The zero-order valence-electron chi connectivity index (χ0n) is 14.7. The maximum atomic E-state index is 11.8. The molecule has 24 heavy (non-hydrogen) atoms. The average molecular weight is 359 g/mol. The van der Waals surface area contributed by atoms with Crippen molar-refractivity contribution in [1.29, 1.82) is 0 Å². The van der Waals surface area contributed by atoms with Crippen molar-refractivity contribution in [2.24, 2.45) is 17.2 Å². The number of nitrogens with two attached hydrogens (primary N) is 3. The number of carbonyl (C=O) groups is 3. The van der Waals surface area contributed by atoms with Crippen molar-refractivity contribution >= 4 is 29.1 Å². The second-order valence-corrected chi connectivity index (χ2v) is 5.49. The summed E-state index contributed by atoms with van der Waals surface area (Å²) in [4.78, 5) is 35.3. The summed E-state index contributed by atoms with van der Waals surface area (Å²) in [6.07, 6.45) is 0.678. The van der Waals surface area contributed by atoms with Crippen molar-refractivity contribution in [3.05, 3.63) is 21.9 Å². The maximum absolute atomic E-state index is 11.8. The summed E-state index contributed by atoms with van der Waals surface area (Å²) in [5.74, 6) is -1.33. The number of amides is 3. The summed E-state index contributed by atoms with van der Waals surface area (Å²) >= 11 is 1.60. The zero-order valence-corrected chi connectivity index (χ0v) is 15.5. The molecule has 0 unspecified atom stereocenters. The van der Waals surface area contributed by atoms with Crippen molar-refractivity contribution in [2.45, 2.75) is 32.2 Å².